The Bertz CT molecular complexity index is 873. The van der Waals surface area contributed by atoms with Crippen LogP contribution in [0.25, 0.3) is 0 Å². The van der Waals surface area contributed by atoms with Crippen LogP contribution in [-0.2, 0) is 23.7 Å². The van der Waals surface area contributed by atoms with Gasteiger partial charge >= 0.3 is 5.97 Å². The van der Waals surface area contributed by atoms with Gasteiger partial charge in [0.25, 0.3) is 0 Å². The minimum atomic E-state index is -1.48. The van der Waals surface area contributed by atoms with Crippen molar-refractivity contribution in [2.45, 2.75) is 102 Å². The van der Waals surface area contributed by atoms with Crippen molar-refractivity contribution in [1.82, 2.24) is 0 Å². The van der Waals surface area contributed by atoms with E-state index in [2.05, 4.69) is 20.8 Å². The van der Waals surface area contributed by atoms with Crippen LogP contribution in [0.15, 0.2) is 11.6 Å². The molecule has 2 saturated heterocycles. The van der Waals surface area contributed by atoms with Gasteiger partial charge in [-0.05, 0) is 60.8 Å². The van der Waals surface area contributed by atoms with Crippen LogP contribution in [0, 0.1) is 28.6 Å². The molecule has 0 aromatic rings. The molecule has 2 unspecified atom stereocenters. The monoisotopic (exact) mass is 512 g/mol. The SMILES string of the molecule is CC1(C)[C@@H](O[C@@H]2O[C@H](CO)[C@@H](O)[C@H](O)[C@H]2O)CC[C@]2(C)[C@H]3CC(C4=CCOC4=O)OC(O)[C@H]3CC[C@@H]12. The van der Waals surface area contributed by atoms with Gasteiger partial charge < -0.3 is 44.5 Å². The number of cyclic esters (lactones) is 1. The number of aliphatic hydroxyl groups is 5. The number of rotatable bonds is 4. The fourth-order valence-electron chi connectivity index (χ4n) is 8.02. The second-order valence-corrected chi connectivity index (χ2v) is 12.1. The zero-order chi connectivity index (χ0) is 26.0. The average molecular weight is 513 g/mol. The molecule has 10 heteroatoms. The van der Waals surface area contributed by atoms with E-state index in [1.54, 1.807) is 6.08 Å². The van der Waals surface area contributed by atoms with Gasteiger partial charge in [-0.3, -0.25) is 0 Å². The van der Waals surface area contributed by atoms with Gasteiger partial charge in [-0.2, -0.15) is 0 Å². The van der Waals surface area contributed by atoms with Crippen molar-refractivity contribution in [3.8, 4) is 0 Å². The van der Waals surface area contributed by atoms with Gasteiger partial charge in [0, 0.05) is 5.92 Å². The molecule has 36 heavy (non-hydrogen) atoms. The van der Waals surface area contributed by atoms with Crippen molar-refractivity contribution in [3.63, 3.8) is 0 Å². The number of carbonyl (C=O) groups excluding carboxylic acids is 1. The molecule has 0 aromatic heterocycles. The third-order valence-corrected chi connectivity index (χ3v) is 10.0. The zero-order valence-electron chi connectivity index (χ0n) is 21.2. The van der Waals surface area contributed by atoms with Crippen molar-refractivity contribution in [2.75, 3.05) is 13.2 Å². The summed E-state index contributed by atoms with van der Waals surface area (Å²) in [5, 5.41) is 51.3. The lowest BCUT2D eigenvalue weighted by atomic mass is 9.44. The molecule has 0 amide bonds. The summed E-state index contributed by atoms with van der Waals surface area (Å²) in [5.41, 5.74) is 0.0339. The Morgan fingerprint density at radius 3 is 2.44 bits per heavy atom. The number of ether oxygens (including phenoxy) is 4. The molecule has 3 heterocycles. The Morgan fingerprint density at radius 2 is 1.78 bits per heavy atom. The lowest BCUT2D eigenvalue weighted by molar-refractivity contribution is -0.331. The lowest BCUT2D eigenvalue weighted by Crippen LogP contribution is -2.63. The van der Waals surface area contributed by atoms with Crippen LogP contribution in [-0.4, -0.2) is 93.9 Å². The summed E-state index contributed by atoms with van der Waals surface area (Å²) in [7, 11) is 0. The van der Waals surface area contributed by atoms with E-state index in [4.69, 9.17) is 18.9 Å². The van der Waals surface area contributed by atoms with Crippen molar-refractivity contribution >= 4 is 5.97 Å². The highest BCUT2D eigenvalue weighted by Crippen LogP contribution is 2.64. The van der Waals surface area contributed by atoms with Gasteiger partial charge in [-0.1, -0.05) is 20.8 Å². The summed E-state index contributed by atoms with van der Waals surface area (Å²) in [6.07, 6.45) is -2.71. The maximum atomic E-state index is 12.2. The first-order valence-electron chi connectivity index (χ1n) is 13.2. The molecule has 5 rings (SSSR count). The van der Waals surface area contributed by atoms with Gasteiger partial charge in [-0.15, -0.1) is 0 Å². The Labute approximate surface area is 211 Å². The van der Waals surface area contributed by atoms with E-state index in [1.165, 1.54) is 0 Å². The van der Waals surface area contributed by atoms with E-state index >= 15 is 0 Å². The maximum absolute atomic E-state index is 12.2. The van der Waals surface area contributed by atoms with Gasteiger partial charge in [0.2, 0.25) is 0 Å². The first-order chi connectivity index (χ1) is 17.0. The first-order valence-corrected chi connectivity index (χ1v) is 13.2. The summed E-state index contributed by atoms with van der Waals surface area (Å²) in [4.78, 5) is 12.2. The fourth-order valence-corrected chi connectivity index (χ4v) is 8.02. The number of hydrogen-bond donors (Lipinski definition) is 5. The predicted molar refractivity (Wildman–Crippen MR) is 124 cm³/mol. The molecule has 2 aliphatic carbocycles. The van der Waals surface area contributed by atoms with E-state index in [0.29, 0.717) is 18.4 Å². The van der Waals surface area contributed by atoms with Crippen LogP contribution in [0.3, 0.4) is 0 Å². The molecule has 3 aliphatic heterocycles. The second kappa shape index (κ2) is 9.57. The number of aliphatic hydroxyl groups excluding tert-OH is 5. The van der Waals surface area contributed by atoms with Crippen molar-refractivity contribution in [2.24, 2.45) is 28.6 Å². The molecule has 0 spiro atoms. The highest BCUT2D eigenvalue weighted by Gasteiger charge is 2.61. The summed E-state index contributed by atoms with van der Waals surface area (Å²) in [6, 6.07) is 0. The average Bonchev–Trinajstić information content (AvgIpc) is 3.27. The molecule has 12 atom stereocenters. The van der Waals surface area contributed by atoms with E-state index < -0.39 is 49.7 Å². The van der Waals surface area contributed by atoms with Gasteiger partial charge in [0.05, 0.1) is 24.4 Å². The van der Waals surface area contributed by atoms with Crippen molar-refractivity contribution in [3.05, 3.63) is 11.6 Å². The fraction of sp³-hybridized carbons (Fsp3) is 0.885. The Hall–Kier alpha value is -1.11. The van der Waals surface area contributed by atoms with Gasteiger partial charge in [0.1, 0.15) is 31.0 Å². The lowest BCUT2D eigenvalue weighted by Gasteiger charge is -2.63. The van der Waals surface area contributed by atoms with Crippen LogP contribution < -0.4 is 0 Å². The molecule has 204 valence electrons. The van der Waals surface area contributed by atoms with Crippen LogP contribution in [0.1, 0.15) is 52.9 Å². The van der Waals surface area contributed by atoms with Gasteiger partial charge in [0.15, 0.2) is 12.6 Å². The second-order valence-electron chi connectivity index (χ2n) is 12.1. The number of esters is 1. The zero-order valence-corrected chi connectivity index (χ0v) is 21.2. The predicted octanol–water partition coefficient (Wildman–Crippen LogP) is 0.231. The topological polar surface area (TPSA) is 155 Å². The molecule has 0 aromatic carbocycles. The summed E-state index contributed by atoms with van der Waals surface area (Å²) in [6.45, 7) is 6.30. The molecule has 10 nitrogen and oxygen atoms in total. The molecule has 0 radical (unpaired) electrons. The summed E-state index contributed by atoms with van der Waals surface area (Å²) < 4.78 is 22.9. The van der Waals surface area contributed by atoms with Gasteiger partial charge in [-0.25, -0.2) is 4.79 Å². The van der Waals surface area contributed by atoms with Crippen LogP contribution in [0.4, 0.5) is 0 Å². The van der Waals surface area contributed by atoms with E-state index in [9.17, 15) is 30.3 Å². The normalized spacial score (nSPS) is 50.6. The molecule has 0 bridgehead atoms. The minimum absolute atomic E-state index is 0.0146. The molecule has 4 fully saturated rings. The smallest absolute Gasteiger partial charge is 0.336 e. The number of hydrogen-bond acceptors (Lipinski definition) is 10. The molecular formula is C26H40O10. The number of fused-ring (bicyclic) bond motifs is 3. The molecular weight excluding hydrogens is 472 g/mol. The standard InChI is InChI=1S/C26H40O10/c1-25(2)17-5-4-12-14(10-15(34-23(12)32)13-7-9-33-22(13)31)26(17,3)8-6-18(25)36-24-21(30)20(29)19(28)16(11-27)35-24/h7,12,14-21,23-24,27-30,32H,4-6,8-11H2,1-3H3/t12-,14-,15?,16+,17-,18-,19+,20-,21+,23?,24-,26+/m0/s1. The molecule has 5 aliphatic rings. The Balaban J connectivity index is 1.35. The van der Waals surface area contributed by atoms with Crippen molar-refractivity contribution in [1.29, 1.82) is 0 Å². The summed E-state index contributed by atoms with van der Waals surface area (Å²) in [5.74, 6) is -0.0171. The number of carbonyl (C=O) groups is 1. The quantitative estimate of drug-likeness (QED) is 0.261. The van der Waals surface area contributed by atoms with E-state index in [1.807, 2.05) is 0 Å². The van der Waals surface area contributed by atoms with Crippen LogP contribution in [0.5, 0.6) is 0 Å². The van der Waals surface area contributed by atoms with E-state index in [-0.39, 0.29) is 47.3 Å². The van der Waals surface area contributed by atoms with Crippen LogP contribution >= 0.6 is 0 Å². The molecule has 5 N–H and O–H groups in total. The highest BCUT2D eigenvalue weighted by molar-refractivity contribution is 5.91. The largest absolute Gasteiger partial charge is 0.458 e. The molecule has 2 saturated carbocycles. The minimum Gasteiger partial charge on any atom is -0.458 e. The third-order valence-electron chi connectivity index (χ3n) is 10.0. The summed E-state index contributed by atoms with van der Waals surface area (Å²) >= 11 is 0. The van der Waals surface area contributed by atoms with E-state index in [0.717, 1.165) is 19.3 Å². The van der Waals surface area contributed by atoms with Crippen molar-refractivity contribution < 1.29 is 49.3 Å². The Morgan fingerprint density at radius 1 is 1.03 bits per heavy atom. The van der Waals surface area contributed by atoms with Crippen LogP contribution in [0.2, 0.25) is 0 Å². The third kappa shape index (κ3) is 4.14. The Kier molecular flexibility index (Phi) is 7.04. The maximum Gasteiger partial charge on any atom is 0.336 e. The highest BCUT2D eigenvalue weighted by atomic mass is 16.7. The first kappa shape index (κ1) is 26.5.